The van der Waals surface area contributed by atoms with Gasteiger partial charge in [-0.15, -0.1) is 11.3 Å². The van der Waals surface area contributed by atoms with Crippen molar-refractivity contribution in [2.24, 2.45) is 5.41 Å². The average molecular weight is 655 g/mol. The number of hydrogen-bond acceptors (Lipinski definition) is 8. The maximum atomic E-state index is 15.7. The zero-order valence-electron chi connectivity index (χ0n) is 26.3. The number of carbonyl (C=O) groups is 3. The van der Waals surface area contributed by atoms with Crippen LogP contribution in [0.15, 0.2) is 60.7 Å². The van der Waals surface area contributed by atoms with Gasteiger partial charge in [-0.3, -0.25) is 9.59 Å². The van der Waals surface area contributed by atoms with Crippen LogP contribution in [0.3, 0.4) is 0 Å². The summed E-state index contributed by atoms with van der Waals surface area (Å²) in [5, 5.41) is 2.81. The lowest BCUT2D eigenvalue weighted by Crippen LogP contribution is -2.59. The second-order valence-corrected chi connectivity index (χ2v) is 13.4. The highest BCUT2D eigenvalue weighted by atomic mass is 32.1. The number of pyridine rings is 1. The van der Waals surface area contributed by atoms with Crippen molar-refractivity contribution >= 4 is 46.3 Å². The van der Waals surface area contributed by atoms with Crippen molar-refractivity contribution in [2.75, 3.05) is 54.6 Å². The predicted molar refractivity (Wildman–Crippen MR) is 179 cm³/mol. The van der Waals surface area contributed by atoms with Gasteiger partial charge < -0.3 is 24.6 Å². The molecule has 0 radical (unpaired) electrons. The summed E-state index contributed by atoms with van der Waals surface area (Å²) in [5.74, 6) is -1.37. The van der Waals surface area contributed by atoms with Gasteiger partial charge in [-0.1, -0.05) is 18.2 Å². The van der Waals surface area contributed by atoms with Crippen LogP contribution in [0.1, 0.15) is 61.4 Å². The summed E-state index contributed by atoms with van der Waals surface area (Å²) in [6.45, 7) is 7.39. The zero-order valence-corrected chi connectivity index (χ0v) is 27.1. The number of anilines is 3. The van der Waals surface area contributed by atoms with Gasteiger partial charge in [-0.2, -0.15) is 0 Å². The van der Waals surface area contributed by atoms with E-state index in [4.69, 9.17) is 9.47 Å². The molecular formula is C36H35FN4O5S. The van der Waals surface area contributed by atoms with Crippen molar-refractivity contribution in [1.29, 1.82) is 0 Å². The minimum Gasteiger partial charge on any atom is -0.462 e. The Morgan fingerprint density at radius 1 is 1.04 bits per heavy atom. The number of benzene rings is 2. The standard InChI is InChI=1S/C36H35FN4O5S/c1-3-46-35(44)30-18-23-12-15-41(29-7-5-4-6-26(29)31(23)47-30)34(43)25-11-9-24(19-28(25)37)39-33(42)27-10-8-22(2)38-32(27)40-20-36(21-40)13-16-45-17-14-36/h4-11,18-19H,3,12-17,20-21H2,1-2H3,(H,39,42). The van der Waals surface area contributed by atoms with Gasteiger partial charge >= 0.3 is 5.97 Å². The lowest BCUT2D eigenvalue weighted by atomic mass is 9.73. The molecule has 0 saturated carbocycles. The van der Waals surface area contributed by atoms with E-state index in [2.05, 4.69) is 15.2 Å². The van der Waals surface area contributed by atoms with Gasteiger partial charge in [0.05, 0.1) is 23.4 Å². The second-order valence-electron chi connectivity index (χ2n) is 12.4. The van der Waals surface area contributed by atoms with Gasteiger partial charge in [-0.25, -0.2) is 14.2 Å². The Kier molecular flexibility index (Phi) is 8.27. The first-order chi connectivity index (χ1) is 22.7. The Hall–Kier alpha value is -4.61. The van der Waals surface area contributed by atoms with E-state index in [9.17, 15) is 14.4 Å². The number of esters is 1. The molecule has 5 heterocycles. The quantitative estimate of drug-likeness (QED) is 0.237. The molecule has 4 aromatic rings. The number of rotatable bonds is 6. The van der Waals surface area contributed by atoms with Crippen LogP contribution >= 0.6 is 11.3 Å². The summed E-state index contributed by atoms with van der Waals surface area (Å²) in [7, 11) is 0. The van der Waals surface area contributed by atoms with Gasteiger partial charge in [0.1, 0.15) is 16.5 Å². The first-order valence-electron chi connectivity index (χ1n) is 15.9. The van der Waals surface area contributed by atoms with Crippen molar-refractivity contribution < 1.29 is 28.2 Å². The number of thiophene rings is 1. The highest BCUT2D eigenvalue weighted by Crippen LogP contribution is 2.43. The summed E-state index contributed by atoms with van der Waals surface area (Å²) in [6, 6.07) is 16.9. The van der Waals surface area contributed by atoms with E-state index in [0.717, 1.165) is 60.8 Å². The third-order valence-corrected chi connectivity index (χ3v) is 10.4. The smallest absolute Gasteiger partial charge is 0.348 e. The van der Waals surface area contributed by atoms with E-state index in [-0.39, 0.29) is 29.2 Å². The molecule has 1 spiro atoms. The van der Waals surface area contributed by atoms with Crippen molar-refractivity contribution in [3.05, 3.63) is 93.7 Å². The SMILES string of the molecule is CCOC(=O)c1cc2c(s1)-c1ccccc1N(C(=O)c1ccc(NC(=O)c3ccc(C)nc3N3CC4(CCOCC4)C3)cc1F)CC2. The third kappa shape index (κ3) is 5.89. The fraction of sp³-hybridized carbons (Fsp3) is 0.333. The van der Waals surface area contributed by atoms with Crippen LogP contribution in [0.25, 0.3) is 10.4 Å². The summed E-state index contributed by atoms with van der Waals surface area (Å²) >= 11 is 1.33. The minimum absolute atomic E-state index is 0.102. The molecule has 2 aromatic heterocycles. The number of carbonyl (C=O) groups excluding carboxylic acids is 3. The Bertz CT molecular complexity index is 1880. The van der Waals surface area contributed by atoms with E-state index in [1.54, 1.807) is 30.0 Å². The Balaban J connectivity index is 1.09. The number of aromatic nitrogens is 1. The molecule has 3 aliphatic rings. The fourth-order valence-corrected chi connectivity index (χ4v) is 7.85. The van der Waals surface area contributed by atoms with Gasteiger partial charge in [0, 0.05) is 60.1 Å². The highest BCUT2D eigenvalue weighted by Gasteiger charge is 2.45. The van der Waals surface area contributed by atoms with Gasteiger partial charge in [0.25, 0.3) is 11.8 Å². The highest BCUT2D eigenvalue weighted by molar-refractivity contribution is 7.17. The van der Waals surface area contributed by atoms with Crippen molar-refractivity contribution in [1.82, 2.24) is 4.98 Å². The lowest BCUT2D eigenvalue weighted by Gasteiger charge is -2.53. The molecule has 0 bridgehead atoms. The first-order valence-corrected chi connectivity index (χ1v) is 16.7. The predicted octanol–water partition coefficient (Wildman–Crippen LogP) is 6.51. The molecule has 0 unspecified atom stereocenters. The van der Waals surface area contributed by atoms with E-state index < -0.39 is 17.6 Å². The molecule has 3 aliphatic heterocycles. The Morgan fingerprint density at radius 2 is 1.81 bits per heavy atom. The third-order valence-electron chi connectivity index (χ3n) is 9.20. The van der Waals surface area contributed by atoms with E-state index in [1.807, 2.05) is 37.3 Å². The molecule has 2 aromatic carbocycles. The largest absolute Gasteiger partial charge is 0.462 e. The van der Waals surface area contributed by atoms with Crippen molar-refractivity contribution in [3.63, 3.8) is 0 Å². The molecule has 1 N–H and O–H groups in total. The molecule has 2 amide bonds. The number of fused-ring (bicyclic) bond motifs is 3. The molecule has 242 valence electrons. The summed E-state index contributed by atoms with van der Waals surface area (Å²) in [4.78, 5) is 49.5. The molecule has 47 heavy (non-hydrogen) atoms. The van der Waals surface area contributed by atoms with Crippen molar-refractivity contribution in [2.45, 2.75) is 33.1 Å². The molecule has 0 atom stereocenters. The maximum absolute atomic E-state index is 15.7. The second kappa shape index (κ2) is 12.5. The topological polar surface area (TPSA) is 101 Å². The van der Waals surface area contributed by atoms with Crippen LogP contribution in [0.5, 0.6) is 0 Å². The number of para-hydroxylation sites is 1. The van der Waals surface area contributed by atoms with Crippen LogP contribution < -0.4 is 15.1 Å². The Morgan fingerprint density at radius 3 is 2.57 bits per heavy atom. The van der Waals surface area contributed by atoms with Crippen LogP contribution in [-0.4, -0.2) is 62.2 Å². The number of nitrogens with zero attached hydrogens (tertiary/aromatic N) is 3. The molecular weight excluding hydrogens is 619 g/mol. The molecule has 0 aliphatic carbocycles. The number of hydrogen-bond donors (Lipinski definition) is 1. The number of ether oxygens (including phenoxy) is 2. The monoisotopic (exact) mass is 654 g/mol. The summed E-state index contributed by atoms with van der Waals surface area (Å²) in [6.07, 6.45) is 2.48. The Labute approximate surface area is 276 Å². The van der Waals surface area contributed by atoms with Crippen LogP contribution in [0, 0.1) is 18.2 Å². The number of aryl methyl sites for hydroxylation is 1. The normalized spacial score (nSPS) is 16.5. The van der Waals surface area contributed by atoms with Gasteiger partial charge in [0.15, 0.2) is 0 Å². The molecule has 2 saturated heterocycles. The van der Waals surface area contributed by atoms with E-state index in [1.165, 1.54) is 23.5 Å². The minimum atomic E-state index is -0.736. The molecule has 2 fully saturated rings. The number of halogens is 1. The van der Waals surface area contributed by atoms with Crippen LogP contribution in [0.2, 0.25) is 0 Å². The molecule has 7 rings (SSSR count). The summed E-state index contributed by atoms with van der Waals surface area (Å²) in [5.41, 5.74) is 3.93. The first kappa shape index (κ1) is 31.0. The van der Waals surface area contributed by atoms with Crippen LogP contribution in [-0.2, 0) is 15.9 Å². The van der Waals surface area contributed by atoms with Crippen LogP contribution in [0.4, 0.5) is 21.6 Å². The average Bonchev–Trinajstić information content (AvgIpc) is 3.42. The van der Waals surface area contributed by atoms with E-state index >= 15 is 4.39 Å². The number of amides is 2. The summed E-state index contributed by atoms with van der Waals surface area (Å²) < 4.78 is 26.4. The lowest BCUT2D eigenvalue weighted by molar-refractivity contribution is -0.000520. The van der Waals surface area contributed by atoms with E-state index in [0.29, 0.717) is 34.9 Å². The molecule has 11 heteroatoms. The fourth-order valence-electron chi connectivity index (χ4n) is 6.72. The maximum Gasteiger partial charge on any atom is 0.348 e. The van der Waals surface area contributed by atoms with Gasteiger partial charge in [0.2, 0.25) is 0 Å². The van der Waals surface area contributed by atoms with Crippen molar-refractivity contribution in [3.8, 4) is 10.4 Å². The van der Waals surface area contributed by atoms with Gasteiger partial charge in [-0.05, 0) is 81.1 Å². The zero-order chi connectivity index (χ0) is 32.7. The number of nitrogens with one attached hydrogen (secondary N) is 1. The molecule has 9 nitrogen and oxygen atoms in total.